The summed E-state index contributed by atoms with van der Waals surface area (Å²) < 4.78 is 43.1. The van der Waals surface area contributed by atoms with Crippen LogP contribution in [0.2, 0.25) is 0 Å². The molecule has 100 valence electrons. The van der Waals surface area contributed by atoms with Gasteiger partial charge in [-0.15, -0.1) is 0 Å². The fraction of sp³-hybridized carbons (Fsp3) is 1.00. The first-order chi connectivity index (χ1) is 7.89. The summed E-state index contributed by atoms with van der Waals surface area (Å²) in [5.74, 6) is -1.15. The molecule has 2 aliphatic rings. The van der Waals surface area contributed by atoms with Crippen molar-refractivity contribution in [1.82, 2.24) is 0 Å². The van der Waals surface area contributed by atoms with Crippen LogP contribution in [0.25, 0.3) is 0 Å². The molecule has 2 N–H and O–H groups in total. The van der Waals surface area contributed by atoms with Gasteiger partial charge in [0.1, 0.15) is 0 Å². The largest absolute Gasteiger partial charge is 0.391 e. The predicted molar refractivity (Wildman–Crippen MR) is 58.5 cm³/mol. The van der Waals surface area contributed by atoms with Crippen molar-refractivity contribution in [3.8, 4) is 0 Å². The highest BCUT2D eigenvalue weighted by molar-refractivity contribution is 4.93. The third kappa shape index (κ3) is 3.35. The minimum absolute atomic E-state index is 0.169. The van der Waals surface area contributed by atoms with E-state index < -0.39 is 17.6 Å². The molecule has 1 saturated heterocycles. The first-order valence-corrected chi connectivity index (χ1v) is 6.36. The maximum atomic E-state index is 12.5. The zero-order valence-corrected chi connectivity index (χ0v) is 9.93. The van der Waals surface area contributed by atoms with E-state index in [1.165, 1.54) is 0 Å². The molecule has 0 aromatic heterocycles. The first-order valence-electron chi connectivity index (χ1n) is 6.36. The van der Waals surface area contributed by atoms with Crippen LogP contribution in [0.5, 0.6) is 0 Å². The maximum Gasteiger partial charge on any atom is 0.391 e. The number of halogens is 3. The van der Waals surface area contributed by atoms with Crippen LogP contribution in [0.4, 0.5) is 13.2 Å². The van der Waals surface area contributed by atoms with E-state index in [9.17, 15) is 13.2 Å². The van der Waals surface area contributed by atoms with Gasteiger partial charge in [0.2, 0.25) is 0 Å². The lowest BCUT2D eigenvalue weighted by Crippen LogP contribution is -2.47. The Hall–Kier alpha value is -0.290. The molecule has 2 fully saturated rings. The molecule has 5 heteroatoms. The molecule has 17 heavy (non-hydrogen) atoms. The Balaban J connectivity index is 1.84. The van der Waals surface area contributed by atoms with Gasteiger partial charge >= 0.3 is 6.18 Å². The highest BCUT2D eigenvalue weighted by Gasteiger charge is 2.45. The van der Waals surface area contributed by atoms with Gasteiger partial charge in [0.25, 0.3) is 0 Å². The lowest BCUT2D eigenvalue weighted by molar-refractivity contribution is -0.185. The topological polar surface area (TPSA) is 35.2 Å². The average molecular weight is 251 g/mol. The molecule has 1 unspecified atom stereocenters. The molecule has 1 heterocycles. The predicted octanol–water partition coefficient (Wildman–Crippen LogP) is 3.01. The smallest absolute Gasteiger partial charge is 0.378 e. The molecule has 1 atom stereocenters. The Morgan fingerprint density at radius 1 is 1.18 bits per heavy atom. The van der Waals surface area contributed by atoms with Gasteiger partial charge in [-0.25, -0.2) is 0 Å². The van der Waals surface area contributed by atoms with Crippen molar-refractivity contribution in [1.29, 1.82) is 0 Å². The van der Waals surface area contributed by atoms with E-state index in [1.807, 2.05) is 0 Å². The van der Waals surface area contributed by atoms with Crippen molar-refractivity contribution in [3.63, 3.8) is 0 Å². The standard InChI is InChI=1S/C12H20F3NO/c13-12(14,15)9-3-5-11(16,6-4-9)8-10-2-1-7-17-10/h9-10H,1-8,16H2. The van der Waals surface area contributed by atoms with Crippen molar-refractivity contribution in [2.75, 3.05) is 6.61 Å². The van der Waals surface area contributed by atoms with Gasteiger partial charge in [-0.1, -0.05) is 0 Å². The summed E-state index contributed by atoms with van der Waals surface area (Å²) in [6, 6.07) is 0. The van der Waals surface area contributed by atoms with E-state index in [0.29, 0.717) is 12.8 Å². The minimum atomic E-state index is -4.05. The molecule has 0 bridgehead atoms. The van der Waals surface area contributed by atoms with Gasteiger partial charge in [0, 0.05) is 12.1 Å². The highest BCUT2D eigenvalue weighted by Crippen LogP contribution is 2.42. The normalized spacial score (nSPS) is 39.5. The SMILES string of the molecule is NC1(CC2CCCO2)CCC(C(F)(F)F)CC1. The van der Waals surface area contributed by atoms with Crippen molar-refractivity contribution in [3.05, 3.63) is 0 Å². The summed E-state index contributed by atoms with van der Waals surface area (Å²) in [5, 5.41) is 0. The Morgan fingerprint density at radius 3 is 2.29 bits per heavy atom. The molecule has 0 amide bonds. The van der Waals surface area contributed by atoms with Gasteiger partial charge in [-0.3, -0.25) is 0 Å². The van der Waals surface area contributed by atoms with E-state index >= 15 is 0 Å². The molecule has 2 nitrogen and oxygen atoms in total. The molecular weight excluding hydrogens is 231 g/mol. The number of nitrogens with two attached hydrogens (primary N) is 1. The minimum Gasteiger partial charge on any atom is -0.378 e. The van der Waals surface area contributed by atoms with Gasteiger partial charge < -0.3 is 10.5 Å². The van der Waals surface area contributed by atoms with E-state index in [0.717, 1.165) is 25.9 Å². The molecule has 0 spiro atoms. The molecule has 1 aliphatic heterocycles. The van der Waals surface area contributed by atoms with Crippen LogP contribution in [-0.2, 0) is 4.74 Å². The Morgan fingerprint density at radius 2 is 1.82 bits per heavy atom. The molecular formula is C12H20F3NO. The van der Waals surface area contributed by atoms with Gasteiger partial charge in [-0.05, 0) is 44.9 Å². The lowest BCUT2D eigenvalue weighted by atomic mass is 9.74. The first kappa shape index (κ1) is 13.1. The van der Waals surface area contributed by atoms with Crippen LogP contribution in [0.15, 0.2) is 0 Å². The third-order valence-corrected chi connectivity index (χ3v) is 4.10. The number of ether oxygens (including phenoxy) is 1. The Bertz CT molecular complexity index is 253. The van der Waals surface area contributed by atoms with Gasteiger partial charge in [0.05, 0.1) is 12.0 Å². The van der Waals surface area contributed by atoms with Crippen molar-refractivity contribution in [2.45, 2.75) is 62.8 Å². The van der Waals surface area contributed by atoms with E-state index in [4.69, 9.17) is 10.5 Å². The number of hydrogen-bond donors (Lipinski definition) is 1. The van der Waals surface area contributed by atoms with Crippen LogP contribution in [0, 0.1) is 5.92 Å². The van der Waals surface area contributed by atoms with Crippen LogP contribution in [0.3, 0.4) is 0 Å². The quantitative estimate of drug-likeness (QED) is 0.818. The maximum absolute atomic E-state index is 12.5. The molecule has 1 aliphatic carbocycles. The van der Waals surface area contributed by atoms with E-state index in [-0.39, 0.29) is 18.9 Å². The van der Waals surface area contributed by atoms with Crippen molar-refractivity contribution in [2.24, 2.45) is 11.7 Å². The number of alkyl halides is 3. The van der Waals surface area contributed by atoms with Gasteiger partial charge in [0.15, 0.2) is 0 Å². The van der Waals surface area contributed by atoms with Crippen LogP contribution < -0.4 is 5.73 Å². The average Bonchev–Trinajstić information content (AvgIpc) is 2.68. The van der Waals surface area contributed by atoms with E-state index in [2.05, 4.69) is 0 Å². The van der Waals surface area contributed by atoms with E-state index in [1.54, 1.807) is 0 Å². The summed E-state index contributed by atoms with van der Waals surface area (Å²) in [6.07, 6.45) is 0.173. The van der Waals surface area contributed by atoms with Crippen LogP contribution >= 0.6 is 0 Å². The van der Waals surface area contributed by atoms with Crippen LogP contribution in [-0.4, -0.2) is 24.4 Å². The monoisotopic (exact) mass is 251 g/mol. The van der Waals surface area contributed by atoms with Crippen molar-refractivity contribution >= 4 is 0 Å². The molecule has 1 saturated carbocycles. The molecule has 0 aromatic rings. The zero-order valence-electron chi connectivity index (χ0n) is 9.93. The Kier molecular flexibility index (Phi) is 3.69. The van der Waals surface area contributed by atoms with Crippen molar-refractivity contribution < 1.29 is 17.9 Å². The van der Waals surface area contributed by atoms with Gasteiger partial charge in [-0.2, -0.15) is 13.2 Å². The second-order valence-electron chi connectivity index (χ2n) is 5.52. The fourth-order valence-corrected chi connectivity index (χ4v) is 2.98. The zero-order chi connectivity index (χ0) is 12.5. The third-order valence-electron chi connectivity index (χ3n) is 4.10. The Labute approximate surface area is 99.7 Å². The molecule has 2 rings (SSSR count). The molecule has 0 aromatic carbocycles. The number of hydrogen-bond acceptors (Lipinski definition) is 2. The second-order valence-corrected chi connectivity index (χ2v) is 5.52. The molecule has 0 radical (unpaired) electrons. The lowest BCUT2D eigenvalue weighted by Gasteiger charge is -2.39. The summed E-state index contributed by atoms with van der Waals surface area (Å²) in [6.45, 7) is 0.770. The summed E-state index contributed by atoms with van der Waals surface area (Å²) in [5.41, 5.74) is 5.76. The fourth-order valence-electron chi connectivity index (χ4n) is 2.98. The summed E-state index contributed by atoms with van der Waals surface area (Å²) in [4.78, 5) is 0. The summed E-state index contributed by atoms with van der Waals surface area (Å²) in [7, 11) is 0. The van der Waals surface area contributed by atoms with Crippen LogP contribution in [0.1, 0.15) is 44.9 Å². The highest BCUT2D eigenvalue weighted by atomic mass is 19.4. The summed E-state index contributed by atoms with van der Waals surface area (Å²) >= 11 is 0. The second kappa shape index (κ2) is 4.76. The number of rotatable bonds is 2.